The Bertz CT molecular complexity index is 1130. The molecule has 2 aromatic carbocycles. The monoisotopic (exact) mass is 537 g/mol. The molecule has 7 nitrogen and oxygen atoms in total. The first-order valence-electron chi connectivity index (χ1n) is 13.5. The van der Waals surface area contributed by atoms with Crippen molar-refractivity contribution in [3.8, 4) is 0 Å². The smallest absolute Gasteiger partial charge is 0.254 e. The fourth-order valence-corrected chi connectivity index (χ4v) is 6.58. The molecule has 4 rings (SSSR count). The molecule has 3 atom stereocenters. The van der Waals surface area contributed by atoms with Gasteiger partial charge in [0.2, 0.25) is 11.8 Å². The molecule has 8 heteroatoms. The molecule has 0 radical (unpaired) electrons. The van der Waals surface area contributed by atoms with Gasteiger partial charge in [-0.1, -0.05) is 67.4 Å². The highest BCUT2D eigenvalue weighted by Gasteiger charge is 2.49. The van der Waals surface area contributed by atoms with Gasteiger partial charge in [-0.15, -0.1) is 11.8 Å². The Morgan fingerprint density at radius 1 is 1.03 bits per heavy atom. The summed E-state index contributed by atoms with van der Waals surface area (Å²) in [6.45, 7) is 6.24. The number of rotatable bonds is 9. The second-order valence-electron chi connectivity index (χ2n) is 11.0. The first kappa shape index (κ1) is 28.2. The Morgan fingerprint density at radius 3 is 2.37 bits per heavy atom. The number of amides is 3. The van der Waals surface area contributed by atoms with Crippen LogP contribution < -0.4 is 10.6 Å². The average Bonchev–Trinajstić information content (AvgIpc) is 3.55. The predicted octanol–water partition coefficient (Wildman–Crippen LogP) is 3.57. The lowest BCUT2D eigenvalue weighted by atomic mass is 9.96. The molecule has 0 aromatic heterocycles. The number of hydrogen-bond acceptors (Lipinski definition) is 5. The molecule has 2 aliphatic rings. The van der Waals surface area contributed by atoms with Crippen LogP contribution >= 0.6 is 11.8 Å². The number of benzene rings is 2. The van der Waals surface area contributed by atoms with Gasteiger partial charge in [0, 0.05) is 17.2 Å². The zero-order chi connectivity index (χ0) is 27.3. The third kappa shape index (κ3) is 6.59. The molecule has 1 aliphatic carbocycles. The fraction of sp³-hybridized carbons (Fsp3) is 0.500. The Labute approximate surface area is 229 Å². The van der Waals surface area contributed by atoms with Gasteiger partial charge in [-0.2, -0.15) is 0 Å². The van der Waals surface area contributed by atoms with Crippen molar-refractivity contribution in [2.75, 3.05) is 5.88 Å². The van der Waals surface area contributed by atoms with Gasteiger partial charge < -0.3 is 20.6 Å². The molecule has 2 fully saturated rings. The van der Waals surface area contributed by atoms with Crippen LogP contribution in [0.2, 0.25) is 0 Å². The lowest BCUT2D eigenvalue weighted by molar-refractivity contribution is -0.148. The molecule has 3 unspecified atom stereocenters. The van der Waals surface area contributed by atoms with Crippen molar-refractivity contribution >= 4 is 29.5 Å². The van der Waals surface area contributed by atoms with Crippen molar-refractivity contribution in [1.82, 2.24) is 15.5 Å². The van der Waals surface area contributed by atoms with Crippen LogP contribution in [0, 0.1) is 12.8 Å². The summed E-state index contributed by atoms with van der Waals surface area (Å²) >= 11 is 1.51. The van der Waals surface area contributed by atoms with E-state index in [1.165, 1.54) is 16.7 Å². The van der Waals surface area contributed by atoms with Gasteiger partial charge in [-0.25, -0.2) is 0 Å². The van der Waals surface area contributed by atoms with Gasteiger partial charge in [-0.05, 0) is 56.7 Å². The molecule has 3 amide bonds. The number of thioether (sulfide) groups is 1. The summed E-state index contributed by atoms with van der Waals surface area (Å²) in [5.41, 5.74) is 3.01. The Hall–Kier alpha value is -2.84. The average molecular weight is 538 g/mol. The topological polar surface area (TPSA) is 98.7 Å². The van der Waals surface area contributed by atoms with Crippen molar-refractivity contribution in [1.29, 1.82) is 0 Å². The maximum Gasteiger partial charge on any atom is 0.254 e. The molecule has 2 aromatic rings. The molecule has 3 N–H and O–H groups in total. The molecule has 38 heavy (non-hydrogen) atoms. The van der Waals surface area contributed by atoms with Crippen LogP contribution in [0.1, 0.15) is 56.2 Å². The molecule has 204 valence electrons. The molecule has 1 saturated carbocycles. The minimum absolute atomic E-state index is 0.0863. The maximum atomic E-state index is 13.7. The number of nitrogens with one attached hydrogen (secondary N) is 2. The van der Waals surface area contributed by atoms with Crippen molar-refractivity contribution in [2.45, 2.75) is 82.4 Å². The van der Waals surface area contributed by atoms with E-state index in [1.807, 2.05) is 75.4 Å². The normalized spacial score (nSPS) is 20.6. The van der Waals surface area contributed by atoms with Crippen LogP contribution in [0.4, 0.5) is 0 Å². The molecule has 1 saturated heterocycles. The summed E-state index contributed by atoms with van der Waals surface area (Å²) in [5, 5.41) is 17.3. The number of carbonyl (C=O) groups is 3. The van der Waals surface area contributed by atoms with E-state index in [-0.39, 0.29) is 17.7 Å². The van der Waals surface area contributed by atoms with Crippen molar-refractivity contribution < 1.29 is 19.5 Å². The molecular weight excluding hydrogens is 498 g/mol. The molecular formula is C30H39N3O4S. The highest BCUT2D eigenvalue weighted by atomic mass is 32.2. The van der Waals surface area contributed by atoms with Gasteiger partial charge >= 0.3 is 0 Å². The first-order valence-corrected chi connectivity index (χ1v) is 14.4. The lowest BCUT2D eigenvalue weighted by Gasteiger charge is -2.33. The van der Waals surface area contributed by atoms with Gasteiger partial charge in [0.05, 0.1) is 11.9 Å². The van der Waals surface area contributed by atoms with Gasteiger partial charge in [0.25, 0.3) is 5.91 Å². The molecule has 0 spiro atoms. The molecule has 1 aliphatic heterocycles. The predicted molar refractivity (Wildman–Crippen MR) is 150 cm³/mol. The van der Waals surface area contributed by atoms with E-state index in [9.17, 15) is 19.5 Å². The Morgan fingerprint density at radius 2 is 1.68 bits per heavy atom. The minimum Gasteiger partial charge on any atom is -0.381 e. The summed E-state index contributed by atoms with van der Waals surface area (Å²) in [4.78, 5) is 41.6. The summed E-state index contributed by atoms with van der Waals surface area (Å²) in [5.74, 6) is -0.694. The van der Waals surface area contributed by atoms with E-state index in [0.717, 1.165) is 42.4 Å². The maximum absolute atomic E-state index is 13.7. The van der Waals surface area contributed by atoms with Crippen molar-refractivity contribution in [3.63, 3.8) is 0 Å². The number of aryl methyl sites for hydroxylation is 1. The number of hydrogen-bond donors (Lipinski definition) is 3. The fourth-order valence-electron chi connectivity index (χ4n) is 5.44. The Kier molecular flexibility index (Phi) is 9.15. The summed E-state index contributed by atoms with van der Waals surface area (Å²) < 4.78 is -0.535. The summed E-state index contributed by atoms with van der Waals surface area (Å²) in [7, 11) is 0. The summed E-state index contributed by atoms with van der Waals surface area (Å²) in [6, 6.07) is 15.9. The zero-order valence-corrected chi connectivity index (χ0v) is 23.3. The first-order chi connectivity index (χ1) is 18.2. The second-order valence-corrected chi connectivity index (χ2v) is 12.6. The van der Waals surface area contributed by atoms with Gasteiger partial charge in [0.15, 0.2) is 6.10 Å². The SMILES string of the molecule is Cc1ccccc1CNC(=O)C1N(C(=O)C(O)C(Cc2ccccc2)NC(=O)C2CCCC2)CSC1(C)C. The van der Waals surface area contributed by atoms with E-state index in [0.29, 0.717) is 18.8 Å². The van der Waals surface area contributed by atoms with Crippen LogP contribution in [0.5, 0.6) is 0 Å². The van der Waals surface area contributed by atoms with Crippen LogP contribution in [0.25, 0.3) is 0 Å². The highest BCUT2D eigenvalue weighted by Crippen LogP contribution is 2.40. The number of nitrogens with zero attached hydrogens (tertiary/aromatic N) is 1. The minimum atomic E-state index is -1.47. The van der Waals surface area contributed by atoms with E-state index < -0.39 is 28.8 Å². The highest BCUT2D eigenvalue weighted by molar-refractivity contribution is 8.00. The summed E-state index contributed by atoms with van der Waals surface area (Å²) in [6.07, 6.45) is 2.54. The molecule has 1 heterocycles. The van der Waals surface area contributed by atoms with Gasteiger partial charge in [0.1, 0.15) is 6.04 Å². The van der Waals surface area contributed by atoms with E-state index >= 15 is 0 Å². The molecule has 0 bridgehead atoms. The van der Waals surface area contributed by atoms with Crippen LogP contribution in [0.15, 0.2) is 54.6 Å². The quantitative estimate of drug-likeness (QED) is 0.454. The van der Waals surface area contributed by atoms with Gasteiger partial charge in [-0.3, -0.25) is 14.4 Å². The zero-order valence-electron chi connectivity index (χ0n) is 22.5. The van der Waals surface area contributed by atoms with E-state index in [2.05, 4.69) is 10.6 Å². The van der Waals surface area contributed by atoms with Crippen LogP contribution in [-0.4, -0.2) is 56.5 Å². The van der Waals surface area contributed by atoms with E-state index in [4.69, 9.17) is 0 Å². The lowest BCUT2D eigenvalue weighted by Crippen LogP contribution is -2.59. The largest absolute Gasteiger partial charge is 0.381 e. The number of aliphatic hydroxyl groups excluding tert-OH is 1. The number of aliphatic hydroxyl groups is 1. The van der Waals surface area contributed by atoms with Crippen LogP contribution in [-0.2, 0) is 27.3 Å². The van der Waals surface area contributed by atoms with E-state index in [1.54, 1.807) is 0 Å². The third-order valence-electron chi connectivity index (χ3n) is 7.78. The standard InChI is InChI=1S/C30H39N3O4S/c1-20-11-7-8-16-23(20)18-31-28(36)26-30(2,3)38-19-33(26)29(37)25(34)24(17-21-12-5-4-6-13-21)32-27(35)22-14-9-10-15-22/h4-8,11-13,16,22,24-26,34H,9-10,14-15,17-19H2,1-3H3,(H,31,36)(H,32,35). The second kappa shape index (κ2) is 12.3. The third-order valence-corrected chi connectivity index (χ3v) is 9.15. The van der Waals surface area contributed by atoms with Crippen LogP contribution in [0.3, 0.4) is 0 Å². The van der Waals surface area contributed by atoms with Crippen molar-refractivity contribution in [3.05, 3.63) is 71.3 Å². The van der Waals surface area contributed by atoms with Crippen molar-refractivity contribution in [2.24, 2.45) is 5.92 Å². The number of carbonyl (C=O) groups excluding carboxylic acids is 3. The Balaban J connectivity index is 1.50.